The van der Waals surface area contributed by atoms with Crippen LogP contribution in [0, 0.1) is 116 Å². The second kappa shape index (κ2) is 24.9. The number of esters is 4. The summed E-state index contributed by atoms with van der Waals surface area (Å²) in [4.78, 5) is 53.8. The fourth-order valence-corrected chi connectivity index (χ4v) is 8.86. The van der Waals surface area contributed by atoms with E-state index in [0.29, 0.717) is 0 Å². The minimum Gasteiger partial charge on any atom is -0.416 e. The lowest BCUT2D eigenvalue weighted by molar-refractivity contribution is 0.0707. The van der Waals surface area contributed by atoms with Gasteiger partial charge in [0, 0.05) is 0 Å². The molecule has 0 spiro atoms. The number of halogens is 20. The Morgan fingerprint density at radius 1 is 0.185 bits per heavy atom. The maximum absolute atomic E-state index is 14.7. The van der Waals surface area contributed by atoms with Gasteiger partial charge >= 0.3 is 23.9 Å². The lowest BCUT2D eigenvalue weighted by Gasteiger charge is -2.16. The molecule has 0 saturated carbocycles. The minimum absolute atomic E-state index is 0.00637. The highest BCUT2D eigenvalue weighted by atomic mass is 19.2. The van der Waals surface area contributed by atoms with Gasteiger partial charge in [-0.2, -0.15) is 35.1 Å². The molecule has 0 N–H and O–H groups in total. The average molecular weight is 1300 g/mol. The molecule has 0 fully saturated rings. The van der Waals surface area contributed by atoms with Crippen LogP contribution in [-0.2, 0) is 0 Å². The van der Waals surface area contributed by atoms with Gasteiger partial charge in [-0.25, -0.2) is 71.9 Å². The largest absolute Gasteiger partial charge is 0.416 e. The fourth-order valence-electron chi connectivity index (χ4n) is 8.86. The summed E-state index contributed by atoms with van der Waals surface area (Å²) in [5.74, 6) is -65.3. The van der Waals surface area contributed by atoms with Gasteiger partial charge in [-0.3, -0.25) is 0 Å². The molecule has 10 aromatic rings. The SMILES string of the molecule is O=C(Oc1c(F)c(F)c(F)c(F)c1F)c1cccc(-c2cc(-c3cccc(C(=O)Oc4c(F)c(F)c(F)c(F)c4F)c3)cc(-c3cc(-c4cccc(C(=O)Oc5c(F)c(F)c(F)c(F)c5F)c4)cc(-c4cccc(C(=O)Oc5c(F)c(F)c(F)c(F)c5F)c4)c3)c2)c1. The molecule has 0 radical (unpaired) electrons. The van der Waals surface area contributed by atoms with E-state index in [4.69, 9.17) is 0 Å². The predicted octanol–water partition coefficient (Wildman–Crippen LogP) is 17.7. The van der Waals surface area contributed by atoms with Crippen molar-refractivity contribution in [2.45, 2.75) is 0 Å². The third kappa shape index (κ3) is 11.8. The molecular formula is C64H22F20O8. The summed E-state index contributed by atoms with van der Waals surface area (Å²) in [6, 6.07) is 25.4. The van der Waals surface area contributed by atoms with E-state index in [1.807, 2.05) is 0 Å². The highest BCUT2D eigenvalue weighted by Gasteiger charge is 2.34. The molecule has 8 nitrogen and oxygen atoms in total. The van der Waals surface area contributed by atoms with E-state index < -0.39 is 185 Å². The van der Waals surface area contributed by atoms with Crippen LogP contribution in [0.3, 0.4) is 0 Å². The van der Waals surface area contributed by atoms with Crippen molar-refractivity contribution in [1.29, 1.82) is 0 Å². The normalized spacial score (nSPS) is 11.2. The Kier molecular flexibility index (Phi) is 17.3. The molecule has 10 aromatic carbocycles. The van der Waals surface area contributed by atoms with Crippen LogP contribution in [-0.4, -0.2) is 23.9 Å². The minimum atomic E-state index is -2.59. The van der Waals surface area contributed by atoms with Gasteiger partial charge in [0.15, 0.2) is 0 Å². The Morgan fingerprint density at radius 3 is 0.489 bits per heavy atom. The summed E-state index contributed by atoms with van der Waals surface area (Å²) in [6.07, 6.45) is 0. The second-order valence-corrected chi connectivity index (χ2v) is 19.1. The summed E-state index contributed by atoms with van der Waals surface area (Å²) >= 11 is 0. The number of hydrogen-bond acceptors (Lipinski definition) is 8. The molecule has 0 atom stereocenters. The van der Waals surface area contributed by atoms with Crippen molar-refractivity contribution in [1.82, 2.24) is 0 Å². The van der Waals surface area contributed by atoms with Crippen molar-refractivity contribution >= 4 is 23.9 Å². The lowest BCUT2D eigenvalue weighted by atomic mass is 9.89. The summed E-state index contributed by atoms with van der Waals surface area (Å²) in [7, 11) is 0. The monoisotopic (exact) mass is 1300 g/mol. The van der Waals surface area contributed by atoms with Crippen LogP contribution in [0.4, 0.5) is 87.8 Å². The van der Waals surface area contributed by atoms with Gasteiger partial charge in [0.05, 0.1) is 22.3 Å². The third-order valence-corrected chi connectivity index (χ3v) is 13.4. The highest BCUT2D eigenvalue weighted by molar-refractivity contribution is 5.97. The predicted molar refractivity (Wildman–Crippen MR) is 278 cm³/mol. The van der Waals surface area contributed by atoms with E-state index in [0.717, 1.165) is 72.8 Å². The maximum atomic E-state index is 14.7. The van der Waals surface area contributed by atoms with Crippen molar-refractivity contribution in [3.8, 4) is 78.6 Å². The van der Waals surface area contributed by atoms with E-state index in [-0.39, 0.29) is 55.6 Å². The summed E-state index contributed by atoms with van der Waals surface area (Å²) in [5, 5.41) is 0. The molecule has 10 rings (SSSR count). The van der Waals surface area contributed by atoms with Gasteiger partial charge in [0.25, 0.3) is 0 Å². The topological polar surface area (TPSA) is 105 Å². The van der Waals surface area contributed by atoms with Crippen molar-refractivity contribution in [2.75, 3.05) is 0 Å². The molecule has 0 heterocycles. The molecule has 0 aliphatic carbocycles. The summed E-state index contributed by atoms with van der Waals surface area (Å²) in [5.41, 5.74) is -2.91. The highest BCUT2D eigenvalue weighted by Crippen LogP contribution is 2.41. The summed E-state index contributed by atoms with van der Waals surface area (Å²) < 4.78 is 305. The first-order valence-electron chi connectivity index (χ1n) is 25.2. The average Bonchev–Trinajstić information content (AvgIpc) is 0.869. The van der Waals surface area contributed by atoms with E-state index in [9.17, 15) is 107 Å². The van der Waals surface area contributed by atoms with E-state index in [2.05, 4.69) is 18.9 Å². The molecule has 0 aromatic heterocycles. The lowest BCUT2D eigenvalue weighted by Crippen LogP contribution is -2.14. The second-order valence-electron chi connectivity index (χ2n) is 19.1. The zero-order valence-electron chi connectivity index (χ0n) is 44.5. The molecule has 0 unspecified atom stereocenters. The van der Waals surface area contributed by atoms with Crippen LogP contribution in [0.25, 0.3) is 55.6 Å². The van der Waals surface area contributed by atoms with Crippen molar-refractivity contribution in [2.24, 2.45) is 0 Å². The van der Waals surface area contributed by atoms with Crippen LogP contribution in [0.5, 0.6) is 23.0 Å². The molecular weight excluding hydrogens is 1280 g/mol. The number of hydrogen-bond donors (Lipinski definition) is 0. The molecule has 0 amide bonds. The molecule has 0 aliphatic heterocycles. The number of benzene rings is 10. The van der Waals surface area contributed by atoms with Crippen molar-refractivity contribution in [3.63, 3.8) is 0 Å². The number of ether oxygens (including phenoxy) is 4. The molecule has 466 valence electrons. The van der Waals surface area contributed by atoms with E-state index >= 15 is 0 Å². The number of carbonyl (C=O) groups excluding carboxylic acids is 4. The fraction of sp³-hybridized carbons (Fsp3) is 0. The standard InChI is InChI=1S/C64H22F20O8/c65-37-41(69)49(77)57(50(78)42(37)70)89-61(85)27-9-1-5-23(13-27)31-17-32(24-6-2-10-28(14-24)62(86)90-58-51(79)43(71)38(66)44(72)52(58)80)20-35(19-31)36-21-33(25-7-3-11-29(15-25)63(87)91-59-53(81)45(73)39(67)46(74)54(59)82)18-34(22-36)26-8-4-12-30(16-26)64(88)92-60-55(83)47(75)40(68)48(76)56(60)84/h1-22H. The van der Waals surface area contributed by atoms with Crippen LogP contribution in [0.2, 0.25) is 0 Å². The Labute approximate surface area is 499 Å². The maximum Gasteiger partial charge on any atom is 0.343 e. The van der Waals surface area contributed by atoms with Crippen molar-refractivity contribution < 1.29 is 126 Å². The molecule has 0 saturated heterocycles. The first kappa shape index (κ1) is 63.7. The van der Waals surface area contributed by atoms with Gasteiger partial charge in [-0.05, 0) is 141 Å². The van der Waals surface area contributed by atoms with Crippen LogP contribution in [0.1, 0.15) is 41.4 Å². The molecule has 0 bridgehead atoms. The third-order valence-electron chi connectivity index (χ3n) is 13.4. The Morgan fingerprint density at radius 2 is 0.326 bits per heavy atom. The number of rotatable bonds is 13. The van der Waals surface area contributed by atoms with Gasteiger partial charge in [0.2, 0.25) is 139 Å². The Bertz CT molecular complexity index is 4120. The Hall–Kier alpha value is -11.3. The van der Waals surface area contributed by atoms with Crippen molar-refractivity contribution in [3.05, 3.63) is 272 Å². The van der Waals surface area contributed by atoms with Gasteiger partial charge in [-0.1, -0.05) is 48.5 Å². The quantitative estimate of drug-likeness (QED) is 0.0370. The molecule has 0 aliphatic rings. The molecule has 92 heavy (non-hydrogen) atoms. The zero-order valence-corrected chi connectivity index (χ0v) is 44.5. The molecule has 28 heteroatoms. The van der Waals surface area contributed by atoms with Gasteiger partial charge in [0.1, 0.15) is 0 Å². The van der Waals surface area contributed by atoms with E-state index in [1.165, 1.54) is 60.7 Å². The first-order chi connectivity index (χ1) is 43.6. The summed E-state index contributed by atoms with van der Waals surface area (Å²) in [6.45, 7) is 0. The number of carbonyl (C=O) groups is 4. The van der Waals surface area contributed by atoms with E-state index in [1.54, 1.807) is 0 Å². The Balaban J connectivity index is 1.14. The first-order valence-corrected chi connectivity index (χ1v) is 25.2. The van der Waals surface area contributed by atoms with Gasteiger partial charge < -0.3 is 18.9 Å². The van der Waals surface area contributed by atoms with Crippen LogP contribution >= 0.6 is 0 Å². The van der Waals surface area contributed by atoms with Crippen LogP contribution < -0.4 is 18.9 Å². The smallest absolute Gasteiger partial charge is 0.343 e. The van der Waals surface area contributed by atoms with Crippen LogP contribution in [0.15, 0.2) is 133 Å². The zero-order chi connectivity index (χ0) is 66.6. The van der Waals surface area contributed by atoms with Gasteiger partial charge in [-0.15, -0.1) is 0 Å².